The summed E-state index contributed by atoms with van der Waals surface area (Å²) in [7, 11) is 0. The summed E-state index contributed by atoms with van der Waals surface area (Å²) in [6, 6.07) is -2.26. The van der Waals surface area contributed by atoms with Crippen LogP contribution in [0, 0.1) is 5.92 Å². The number of esters is 1. The van der Waals surface area contributed by atoms with E-state index in [0.717, 1.165) is 17.3 Å². The number of piperidine rings is 1. The van der Waals surface area contributed by atoms with Crippen LogP contribution in [-0.2, 0) is 9.53 Å². The Balaban J connectivity index is 1.78. The lowest BCUT2D eigenvalue weighted by Crippen LogP contribution is -2.47. The highest BCUT2D eigenvalue weighted by molar-refractivity contribution is 5.94. The summed E-state index contributed by atoms with van der Waals surface area (Å²) in [5.41, 5.74) is 0.0151. The van der Waals surface area contributed by atoms with Crippen molar-refractivity contribution in [2.24, 2.45) is 5.92 Å². The molecule has 1 amide bonds. The van der Waals surface area contributed by atoms with Crippen molar-refractivity contribution in [2.45, 2.75) is 64.2 Å². The SMILES string of the molecule is CCCC(=O)N1CCC([C@@H]2C[C@H](C(F)(F)F)n3ncc(C(=O)OCC)c3N2)CC1. The summed E-state index contributed by atoms with van der Waals surface area (Å²) >= 11 is 0. The number of nitrogens with one attached hydrogen (secondary N) is 1. The molecule has 3 rings (SSSR count). The fraction of sp³-hybridized carbons (Fsp3) is 0.737. The first-order chi connectivity index (χ1) is 13.8. The van der Waals surface area contributed by atoms with Crippen molar-refractivity contribution >= 4 is 17.7 Å². The molecule has 29 heavy (non-hydrogen) atoms. The van der Waals surface area contributed by atoms with Crippen LogP contribution in [-0.4, -0.2) is 58.5 Å². The Kier molecular flexibility index (Phi) is 6.38. The molecule has 162 valence electrons. The van der Waals surface area contributed by atoms with E-state index in [-0.39, 0.29) is 36.2 Å². The molecule has 7 nitrogen and oxygen atoms in total. The van der Waals surface area contributed by atoms with Crippen molar-refractivity contribution in [1.29, 1.82) is 0 Å². The van der Waals surface area contributed by atoms with Crippen molar-refractivity contribution < 1.29 is 27.5 Å². The van der Waals surface area contributed by atoms with E-state index in [9.17, 15) is 22.8 Å². The molecule has 10 heteroatoms. The predicted octanol–water partition coefficient (Wildman–Crippen LogP) is 3.39. The minimum absolute atomic E-state index is 0.0151. The van der Waals surface area contributed by atoms with Gasteiger partial charge < -0.3 is 15.0 Å². The van der Waals surface area contributed by atoms with Gasteiger partial charge in [0.1, 0.15) is 11.4 Å². The summed E-state index contributed by atoms with van der Waals surface area (Å²) in [6.07, 6.45) is -0.991. The van der Waals surface area contributed by atoms with Gasteiger partial charge in [0.15, 0.2) is 6.04 Å². The number of hydrogen-bond acceptors (Lipinski definition) is 5. The maximum Gasteiger partial charge on any atom is 0.410 e. The quantitative estimate of drug-likeness (QED) is 0.745. The Labute approximate surface area is 167 Å². The molecule has 0 bridgehead atoms. The molecule has 1 fully saturated rings. The van der Waals surface area contributed by atoms with Gasteiger partial charge in [0.05, 0.1) is 12.8 Å². The molecular weight excluding hydrogens is 389 g/mol. The molecule has 1 N–H and O–H groups in total. The first-order valence-corrected chi connectivity index (χ1v) is 10.1. The average Bonchev–Trinajstić information content (AvgIpc) is 3.11. The first kappa shape index (κ1) is 21.4. The maximum absolute atomic E-state index is 13.7. The minimum atomic E-state index is -4.48. The standard InChI is InChI=1S/C19H27F3N4O3/c1-3-5-16(27)25-8-6-12(7-9-25)14-10-15(19(20,21)22)26-17(24-14)13(11-23-26)18(28)29-4-2/h11-12,14-15,24H,3-10H2,1-2H3/t14-,15+/m0/s1. The molecule has 0 saturated carbocycles. The van der Waals surface area contributed by atoms with E-state index < -0.39 is 24.2 Å². The van der Waals surface area contributed by atoms with E-state index in [4.69, 9.17) is 4.74 Å². The summed E-state index contributed by atoms with van der Waals surface area (Å²) in [5.74, 6) is -0.558. The van der Waals surface area contributed by atoms with Gasteiger partial charge in [-0.3, -0.25) is 4.79 Å². The molecule has 1 saturated heterocycles. The third kappa shape index (κ3) is 4.51. The third-order valence-corrected chi connectivity index (χ3v) is 5.69. The molecule has 0 unspecified atom stereocenters. The number of ether oxygens (including phenoxy) is 1. The zero-order valence-electron chi connectivity index (χ0n) is 16.7. The van der Waals surface area contributed by atoms with Crippen LogP contribution in [0.4, 0.5) is 19.0 Å². The van der Waals surface area contributed by atoms with Gasteiger partial charge in [-0.2, -0.15) is 18.3 Å². The van der Waals surface area contributed by atoms with Crippen molar-refractivity contribution in [2.75, 3.05) is 25.0 Å². The Bertz CT molecular complexity index is 742. The van der Waals surface area contributed by atoms with Crippen LogP contribution in [0.5, 0.6) is 0 Å². The number of carbonyl (C=O) groups is 2. The highest BCUT2D eigenvalue weighted by atomic mass is 19.4. The molecular formula is C19H27F3N4O3. The largest absolute Gasteiger partial charge is 0.462 e. The Hall–Kier alpha value is -2.26. The molecule has 3 heterocycles. The molecule has 0 radical (unpaired) electrons. The normalized spacial score (nSPS) is 22.7. The number of halogens is 3. The Morgan fingerprint density at radius 3 is 2.55 bits per heavy atom. The predicted molar refractivity (Wildman–Crippen MR) is 99.5 cm³/mol. The second kappa shape index (κ2) is 8.62. The lowest BCUT2D eigenvalue weighted by atomic mass is 9.84. The monoisotopic (exact) mass is 416 g/mol. The summed E-state index contributed by atoms with van der Waals surface area (Å²) < 4.78 is 47.0. The number of nitrogens with zero attached hydrogens (tertiary/aromatic N) is 3. The van der Waals surface area contributed by atoms with Crippen LogP contribution in [0.15, 0.2) is 6.20 Å². The number of amides is 1. The number of carbonyl (C=O) groups excluding carboxylic acids is 2. The number of fused-ring (bicyclic) bond motifs is 1. The molecule has 0 aliphatic carbocycles. The van der Waals surface area contributed by atoms with Gasteiger partial charge in [-0.1, -0.05) is 6.92 Å². The van der Waals surface area contributed by atoms with E-state index in [1.54, 1.807) is 11.8 Å². The van der Waals surface area contributed by atoms with E-state index in [0.29, 0.717) is 32.4 Å². The molecule has 0 spiro atoms. The smallest absolute Gasteiger partial charge is 0.410 e. The number of alkyl halides is 3. The van der Waals surface area contributed by atoms with E-state index in [2.05, 4.69) is 10.4 Å². The van der Waals surface area contributed by atoms with Crippen LogP contribution < -0.4 is 5.32 Å². The molecule has 2 atom stereocenters. The fourth-order valence-corrected chi connectivity index (χ4v) is 4.18. The highest BCUT2D eigenvalue weighted by Gasteiger charge is 2.48. The van der Waals surface area contributed by atoms with Crippen molar-refractivity contribution in [1.82, 2.24) is 14.7 Å². The summed E-state index contributed by atoms with van der Waals surface area (Å²) in [6.45, 7) is 4.79. The van der Waals surface area contributed by atoms with Crippen LogP contribution in [0.25, 0.3) is 0 Å². The zero-order valence-corrected chi connectivity index (χ0v) is 16.7. The molecule has 2 aliphatic rings. The van der Waals surface area contributed by atoms with Gasteiger partial charge >= 0.3 is 12.1 Å². The number of aromatic nitrogens is 2. The van der Waals surface area contributed by atoms with Gasteiger partial charge in [0.2, 0.25) is 5.91 Å². The number of hydrogen-bond donors (Lipinski definition) is 1. The molecule has 2 aliphatic heterocycles. The zero-order chi connectivity index (χ0) is 21.2. The van der Waals surface area contributed by atoms with Crippen molar-refractivity contribution in [3.05, 3.63) is 11.8 Å². The first-order valence-electron chi connectivity index (χ1n) is 10.1. The summed E-state index contributed by atoms with van der Waals surface area (Å²) in [5, 5.41) is 6.95. The fourth-order valence-electron chi connectivity index (χ4n) is 4.18. The second-order valence-electron chi connectivity index (χ2n) is 7.58. The summed E-state index contributed by atoms with van der Waals surface area (Å²) in [4.78, 5) is 26.0. The Morgan fingerprint density at radius 1 is 1.28 bits per heavy atom. The van der Waals surface area contributed by atoms with Crippen LogP contribution >= 0.6 is 0 Å². The maximum atomic E-state index is 13.7. The van der Waals surface area contributed by atoms with Crippen LogP contribution in [0.1, 0.15) is 62.4 Å². The van der Waals surface area contributed by atoms with E-state index in [1.165, 1.54) is 0 Å². The van der Waals surface area contributed by atoms with E-state index in [1.807, 2.05) is 6.92 Å². The van der Waals surface area contributed by atoms with Crippen LogP contribution in [0.2, 0.25) is 0 Å². The van der Waals surface area contributed by atoms with Gasteiger partial charge in [0.25, 0.3) is 0 Å². The van der Waals surface area contributed by atoms with Gasteiger partial charge in [-0.25, -0.2) is 9.48 Å². The second-order valence-corrected chi connectivity index (χ2v) is 7.58. The molecule has 1 aromatic heterocycles. The average molecular weight is 416 g/mol. The molecule has 0 aromatic carbocycles. The van der Waals surface area contributed by atoms with Crippen molar-refractivity contribution in [3.63, 3.8) is 0 Å². The Morgan fingerprint density at radius 2 is 1.97 bits per heavy atom. The number of likely N-dealkylation sites (tertiary alicyclic amines) is 1. The number of rotatable bonds is 5. The minimum Gasteiger partial charge on any atom is -0.462 e. The lowest BCUT2D eigenvalue weighted by Gasteiger charge is -2.41. The number of anilines is 1. The lowest BCUT2D eigenvalue weighted by molar-refractivity contribution is -0.174. The van der Waals surface area contributed by atoms with E-state index >= 15 is 0 Å². The molecule has 1 aromatic rings. The van der Waals surface area contributed by atoms with Gasteiger partial charge in [-0.15, -0.1) is 0 Å². The highest BCUT2D eigenvalue weighted by Crippen LogP contribution is 2.43. The van der Waals surface area contributed by atoms with Crippen LogP contribution in [0.3, 0.4) is 0 Å². The topological polar surface area (TPSA) is 76.5 Å². The van der Waals surface area contributed by atoms with Gasteiger partial charge in [-0.05, 0) is 38.5 Å². The third-order valence-electron chi connectivity index (χ3n) is 5.69. The van der Waals surface area contributed by atoms with Crippen molar-refractivity contribution in [3.8, 4) is 0 Å². The van der Waals surface area contributed by atoms with Gasteiger partial charge in [0, 0.05) is 25.6 Å².